The summed E-state index contributed by atoms with van der Waals surface area (Å²) in [6.07, 6.45) is 0.199. The molecule has 3 N–H and O–H groups in total. The van der Waals surface area contributed by atoms with Crippen LogP contribution in [0.15, 0.2) is 66.7 Å². The van der Waals surface area contributed by atoms with Gasteiger partial charge in [-0.25, -0.2) is 13.2 Å². The third kappa shape index (κ3) is 5.67. The first-order valence-electron chi connectivity index (χ1n) is 10.7. The lowest BCUT2D eigenvalue weighted by molar-refractivity contribution is -0.105. The number of nitrogens with one attached hydrogen (secondary N) is 3. The molecule has 6 nitrogen and oxygen atoms in total. The van der Waals surface area contributed by atoms with Gasteiger partial charge >= 0.3 is 0 Å². The maximum atomic E-state index is 14.6. The molecule has 4 rings (SSSR count). The van der Waals surface area contributed by atoms with Crippen LogP contribution in [-0.4, -0.2) is 31.3 Å². The number of halogens is 3. The molecule has 1 fully saturated rings. The summed E-state index contributed by atoms with van der Waals surface area (Å²) < 4.78 is 41.3. The van der Waals surface area contributed by atoms with E-state index in [9.17, 15) is 22.8 Å². The molecule has 9 heteroatoms. The molecule has 0 atom stereocenters. The van der Waals surface area contributed by atoms with Gasteiger partial charge in [-0.2, -0.15) is 0 Å². The summed E-state index contributed by atoms with van der Waals surface area (Å²) in [6, 6.07) is 17.7. The van der Waals surface area contributed by atoms with E-state index in [0.717, 1.165) is 5.69 Å². The van der Waals surface area contributed by atoms with Crippen molar-refractivity contribution >= 4 is 40.8 Å². The van der Waals surface area contributed by atoms with Crippen molar-refractivity contribution in [2.45, 2.75) is 18.8 Å². The van der Waals surface area contributed by atoms with Gasteiger partial charge in [-0.05, 0) is 66.7 Å². The smallest absolute Gasteiger partial charge is 0.255 e. The largest absolute Gasteiger partial charge is 0.371 e. The second kappa shape index (κ2) is 9.86. The first-order chi connectivity index (χ1) is 16.3. The number of nitrogens with zero attached hydrogens (tertiary/aromatic N) is 1. The normalized spacial score (nSPS) is 14.9. The lowest BCUT2D eigenvalue weighted by Crippen LogP contribution is -2.39. The van der Waals surface area contributed by atoms with Crippen molar-refractivity contribution in [3.8, 4) is 0 Å². The van der Waals surface area contributed by atoms with Crippen LogP contribution >= 0.6 is 0 Å². The lowest BCUT2D eigenvalue weighted by Gasteiger charge is -2.33. The Hall–Kier alpha value is -4.01. The molecule has 1 saturated heterocycles. The van der Waals surface area contributed by atoms with Gasteiger partial charge in [0.1, 0.15) is 5.82 Å². The number of hydrogen-bond acceptors (Lipinski definition) is 4. The molecule has 0 saturated carbocycles. The molecule has 3 aromatic rings. The zero-order valence-electron chi connectivity index (χ0n) is 18.2. The summed E-state index contributed by atoms with van der Waals surface area (Å²) in [7, 11) is 0. The highest BCUT2D eigenvalue weighted by Gasteiger charge is 2.34. The fraction of sp³-hybridized carbons (Fsp3) is 0.200. The highest BCUT2D eigenvalue weighted by molar-refractivity contribution is 6.04. The molecule has 176 valence electrons. The van der Waals surface area contributed by atoms with Crippen molar-refractivity contribution in [1.82, 2.24) is 0 Å². The Morgan fingerprint density at radius 2 is 1.50 bits per heavy atom. The maximum absolute atomic E-state index is 14.6. The van der Waals surface area contributed by atoms with Crippen molar-refractivity contribution in [2.75, 3.05) is 33.9 Å². The van der Waals surface area contributed by atoms with Crippen LogP contribution in [0.5, 0.6) is 0 Å². The van der Waals surface area contributed by atoms with E-state index in [2.05, 4.69) is 16.0 Å². The maximum Gasteiger partial charge on any atom is 0.255 e. The number of anilines is 5. The number of hydrogen-bond donors (Lipinski definition) is 3. The average molecular weight is 468 g/mol. The highest BCUT2D eigenvalue weighted by Crippen LogP contribution is 2.30. The molecule has 3 aromatic carbocycles. The van der Waals surface area contributed by atoms with Gasteiger partial charge in [0.2, 0.25) is 6.41 Å². The van der Waals surface area contributed by atoms with Gasteiger partial charge in [0.05, 0.1) is 5.69 Å². The Bertz CT molecular complexity index is 1160. The van der Waals surface area contributed by atoms with Crippen LogP contribution in [0.25, 0.3) is 0 Å². The van der Waals surface area contributed by atoms with Crippen molar-refractivity contribution < 1.29 is 22.8 Å². The lowest BCUT2D eigenvalue weighted by atomic mass is 10.1. The van der Waals surface area contributed by atoms with Crippen LogP contribution in [-0.2, 0) is 4.79 Å². The molecule has 0 unspecified atom stereocenters. The summed E-state index contributed by atoms with van der Waals surface area (Å²) in [6.45, 7) is 0.524. The second-order valence-corrected chi connectivity index (χ2v) is 8.00. The van der Waals surface area contributed by atoms with Gasteiger partial charge in [0.25, 0.3) is 11.8 Å². The van der Waals surface area contributed by atoms with Gasteiger partial charge in [-0.1, -0.05) is 0 Å². The minimum Gasteiger partial charge on any atom is -0.371 e. The van der Waals surface area contributed by atoms with Crippen molar-refractivity contribution in [1.29, 1.82) is 0 Å². The van der Waals surface area contributed by atoms with Crippen LogP contribution in [0.3, 0.4) is 0 Å². The Balaban J connectivity index is 1.36. The summed E-state index contributed by atoms with van der Waals surface area (Å²) in [5.41, 5.74) is 2.92. The van der Waals surface area contributed by atoms with Gasteiger partial charge in [-0.3, -0.25) is 9.59 Å². The Labute approximate surface area is 194 Å². The van der Waals surface area contributed by atoms with E-state index >= 15 is 0 Å². The van der Waals surface area contributed by atoms with E-state index in [4.69, 9.17) is 0 Å². The molecule has 1 aliphatic rings. The monoisotopic (exact) mass is 468 g/mol. The third-order valence-corrected chi connectivity index (χ3v) is 5.61. The van der Waals surface area contributed by atoms with Crippen LogP contribution in [0.2, 0.25) is 0 Å². The molecule has 0 bridgehead atoms. The van der Waals surface area contributed by atoms with E-state index in [1.807, 2.05) is 4.90 Å². The summed E-state index contributed by atoms with van der Waals surface area (Å²) >= 11 is 0. The summed E-state index contributed by atoms with van der Waals surface area (Å²) in [5.74, 6) is -3.57. The molecular formula is C25H23F3N4O2. The zero-order chi connectivity index (χ0) is 24.1. The van der Waals surface area contributed by atoms with E-state index in [-0.39, 0.29) is 31.6 Å². The van der Waals surface area contributed by atoms with E-state index in [0.29, 0.717) is 29.0 Å². The van der Waals surface area contributed by atoms with Crippen LogP contribution < -0.4 is 20.9 Å². The van der Waals surface area contributed by atoms with E-state index in [1.54, 1.807) is 54.6 Å². The number of carbonyl (C=O) groups excluding carboxylic acids is 2. The SMILES string of the molecule is O=CNc1ccc(Nc2ccc(NC(=O)c3ccc(N4CCC(F)(F)CC4)cc3)cc2F)cc1. The molecule has 0 aromatic heterocycles. The molecule has 34 heavy (non-hydrogen) atoms. The van der Waals surface area contributed by atoms with Gasteiger partial charge in [0.15, 0.2) is 0 Å². The standard InChI is InChI=1S/C25H23F3N4O2/c26-22-15-20(7-10-23(22)30-19-5-3-18(4-6-19)29-16-33)31-24(34)17-1-8-21(9-2-17)32-13-11-25(27,28)12-14-32/h1-10,15-16,30H,11-14H2,(H,29,33)(H,31,34). The molecule has 0 spiro atoms. The predicted octanol–water partition coefficient (Wildman–Crippen LogP) is 5.63. The number of alkyl halides is 2. The minimum atomic E-state index is -2.62. The van der Waals surface area contributed by atoms with Crippen molar-refractivity contribution in [3.63, 3.8) is 0 Å². The number of piperidine rings is 1. The topological polar surface area (TPSA) is 73.5 Å². The van der Waals surface area contributed by atoms with Gasteiger partial charge < -0.3 is 20.9 Å². The highest BCUT2D eigenvalue weighted by atomic mass is 19.3. The molecule has 1 aliphatic heterocycles. The molecule has 0 aliphatic carbocycles. The fourth-order valence-corrected chi connectivity index (χ4v) is 3.69. The van der Waals surface area contributed by atoms with E-state index < -0.39 is 17.6 Å². The summed E-state index contributed by atoms with van der Waals surface area (Å²) in [4.78, 5) is 24.9. The Morgan fingerprint density at radius 1 is 0.882 bits per heavy atom. The summed E-state index contributed by atoms with van der Waals surface area (Å²) in [5, 5.41) is 8.12. The first-order valence-corrected chi connectivity index (χ1v) is 10.7. The van der Waals surface area contributed by atoms with E-state index in [1.165, 1.54) is 12.1 Å². The Morgan fingerprint density at radius 3 is 2.12 bits per heavy atom. The van der Waals surface area contributed by atoms with Gasteiger partial charge in [0, 0.05) is 54.2 Å². The van der Waals surface area contributed by atoms with Crippen LogP contribution in [0, 0.1) is 5.82 Å². The predicted molar refractivity (Wildman–Crippen MR) is 127 cm³/mol. The number of carbonyl (C=O) groups is 2. The molecule has 1 heterocycles. The molecule has 2 amide bonds. The number of rotatable bonds is 7. The number of benzene rings is 3. The van der Waals surface area contributed by atoms with Crippen molar-refractivity contribution in [2.24, 2.45) is 0 Å². The van der Waals surface area contributed by atoms with Crippen molar-refractivity contribution in [3.05, 3.63) is 78.1 Å². The number of amides is 2. The molecule has 0 radical (unpaired) electrons. The fourth-order valence-electron chi connectivity index (χ4n) is 3.69. The van der Waals surface area contributed by atoms with Crippen LogP contribution in [0.4, 0.5) is 41.6 Å². The third-order valence-electron chi connectivity index (χ3n) is 5.61. The zero-order valence-corrected chi connectivity index (χ0v) is 18.2. The minimum absolute atomic E-state index is 0.186. The second-order valence-electron chi connectivity index (χ2n) is 8.00. The first kappa shape index (κ1) is 23.2. The average Bonchev–Trinajstić information content (AvgIpc) is 2.82. The van der Waals surface area contributed by atoms with Gasteiger partial charge in [-0.15, -0.1) is 0 Å². The molecular weight excluding hydrogens is 445 g/mol. The quantitative estimate of drug-likeness (QED) is 0.393. The Kier molecular flexibility index (Phi) is 6.72. The van der Waals surface area contributed by atoms with Crippen LogP contribution in [0.1, 0.15) is 23.2 Å².